The van der Waals surface area contributed by atoms with Gasteiger partial charge in [-0.25, -0.2) is 4.39 Å². The molecule has 4 heterocycles. The summed E-state index contributed by atoms with van der Waals surface area (Å²) in [4.78, 5) is 21.1. The molecule has 2 fully saturated rings. The number of halogens is 1. The summed E-state index contributed by atoms with van der Waals surface area (Å²) in [5.41, 5.74) is 0.953. The van der Waals surface area contributed by atoms with Gasteiger partial charge in [-0.15, -0.1) is 0 Å². The minimum Gasteiger partial charge on any atom is -0.373 e. The number of carbonyl (C=O) groups is 1. The molecule has 0 N–H and O–H groups in total. The first kappa shape index (κ1) is 19.0. The molecule has 8 heteroatoms. The van der Waals surface area contributed by atoms with E-state index in [9.17, 15) is 9.18 Å². The number of aromatic nitrogens is 3. The van der Waals surface area contributed by atoms with Gasteiger partial charge in [0.1, 0.15) is 0 Å². The number of piperidine rings is 1. The molecule has 0 aliphatic carbocycles. The molecule has 28 heavy (non-hydrogen) atoms. The van der Waals surface area contributed by atoms with Crippen LogP contribution in [-0.4, -0.2) is 69.4 Å². The van der Waals surface area contributed by atoms with Crippen molar-refractivity contribution < 1.29 is 13.9 Å². The van der Waals surface area contributed by atoms with Gasteiger partial charge in [0.15, 0.2) is 5.82 Å². The Bertz CT molecular complexity index is 820. The van der Waals surface area contributed by atoms with E-state index in [0.29, 0.717) is 13.2 Å². The highest BCUT2D eigenvalue weighted by Crippen LogP contribution is 2.32. The Morgan fingerprint density at radius 3 is 2.79 bits per heavy atom. The van der Waals surface area contributed by atoms with Gasteiger partial charge in [-0.2, -0.15) is 5.10 Å². The van der Waals surface area contributed by atoms with Crippen molar-refractivity contribution in [1.82, 2.24) is 24.6 Å². The fraction of sp³-hybridized carbons (Fsp3) is 0.550. The Morgan fingerprint density at radius 2 is 2.07 bits per heavy atom. The lowest BCUT2D eigenvalue weighted by atomic mass is 9.98. The zero-order valence-corrected chi connectivity index (χ0v) is 16.1. The van der Waals surface area contributed by atoms with Crippen molar-refractivity contribution in [3.05, 3.63) is 47.8 Å². The predicted octanol–water partition coefficient (Wildman–Crippen LogP) is 2.02. The van der Waals surface area contributed by atoms with Crippen LogP contribution in [0, 0.1) is 5.82 Å². The normalized spacial score (nSPS) is 23.7. The van der Waals surface area contributed by atoms with Crippen molar-refractivity contribution in [1.29, 1.82) is 0 Å². The lowest BCUT2D eigenvalue weighted by Crippen LogP contribution is -2.52. The first-order valence-corrected chi connectivity index (χ1v) is 9.86. The maximum Gasteiger partial charge on any atom is 0.257 e. The molecule has 2 aromatic rings. The molecular weight excluding hydrogens is 361 g/mol. The Kier molecular flexibility index (Phi) is 5.68. The van der Waals surface area contributed by atoms with Crippen LogP contribution in [0.15, 0.2) is 30.9 Å². The van der Waals surface area contributed by atoms with Crippen molar-refractivity contribution in [2.75, 3.05) is 32.8 Å². The van der Waals surface area contributed by atoms with Crippen LogP contribution in [0.1, 0.15) is 41.2 Å². The zero-order valence-electron chi connectivity index (χ0n) is 16.1. The van der Waals surface area contributed by atoms with Crippen LogP contribution in [0.4, 0.5) is 4.39 Å². The van der Waals surface area contributed by atoms with E-state index in [-0.39, 0.29) is 23.6 Å². The van der Waals surface area contributed by atoms with E-state index in [1.54, 1.807) is 15.8 Å². The molecule has 2 aliphatic heterocycles. The summed E-state index contributed by atoms with van der Waals surface area (Å²) < 4.78 is 22.1. The first-order valence-electron chi connectivity index (χ1n) is 9.86. The molecule has 0 radical (unpaired) electrons. The SMILES string of the molecule is Cn1cc([C@H]2[C@H](CN3CCCCC3)OCCN2C(=O)c2ccncc2F)cn1. The topological polar surface area (TPSA) is 63.5 Å². The molecule has 150 valence electrons. The molecule has 0 aromatic carbocycles. The third-order valence-corrected chi connectivity index (χ3v) is 5.57. The van der Waals surface area contributed by atoms with Crippen molar-refractivity contribution in [2.45, 2.75) is 31.4 Å². The summed E-state index contributed by atoms with van der Waals surface area (Å²) in [7, 11) is 1.85. The predicted molar refractivity (Wildman–Crippen MR) is 101 cm³/mol. The number of carbonyl (C=O) groups excluding carboxylic acids is 1. The molecule has 2 saturated heterocycles. The Morgan fingerprint density at radius 1 is 1.25 bits per heavy atom. The summed E-state index contributed by atoms with van der Waals surface area (Å²) in [6.45, 7) is 3.70. The molecule has 7 nitrogen and oxygen atoms in total. The number of aryl methyl sites for hydroxylation is 1. The molecule has 0 unspecified atom stereocenters. The van der Waals surface area contributed by atoms with Gasteiger partial charge < -0.3 is 14.5 Å². The van der Waals surface area contributed by atoms with Crippen LogP contribution in [0.5, 0.6) is 0 Å². The maximum atomic E-state index is 14.2. The highest BCUT2D eigenvalue weighted by atomic mass is 19.1. The van der Waals surface area contributed by atoms with E-state index in [0.717, 1.165) is 31.4 Å². The molecule has 2 atom stereocenters. The monoisotopic (exact) mass is 387 g/mol. The van der Waals surface area contributed by atoms with Crippen molar-refractivity contribution >= 4 is 5.91 Å². The fourth-order valence-corrected chi connectivity index (χ4v) is 4.20. The van der Waals surface area contributed by atoms with Gasteiger partial charge >= 0.3 is 0 Å². The second-order valence-corrected chi connectivity index (χ2v) is 7.52. The van der Waals surface area contributed by atoms with Crippen molar-refractivity contribution in [3.8, 4) is 0 Å². The van der Waals surface area contributed by atoms with E-state index in [1.807, 2.05) is 13.2 Å². The van der Waals surface area contributed by atoms with Crippen LogP contribution in [-0.2, 0) is 11.8 Å². The van der Waals surface area contributed by atoms with Crippen LogP contribution in [0.25, 0.3) is 0 Å². The number of likely N-dealkylation sites (tertiary alicyclic amines) is 1. The maximum absolute atomic E-state index is 14.2. The van der Waals surface area contributed by atoms with Crippen LogP contribution >= 0.6 is 0 Å². The average molecular weight is 387 g/mol. The summed E-state index contributed by atoms with van der Waals surface area (Å²) in [6.07, 6.45) is 9.67. The number of morpholine rings is 1. The van der Waals surface area contributed by atoms with E-state index >= 15 is 0 Å². The average Bonchev–Trinajstić information content (AvgIpc) is 3.14. The summed E-state index contributed by atoms with van der Waals surface area (Å²) in [5, 5.41) is 4.28. The van der Waals surface area contributed by atoms with E-state index in [1.165, 1.54) is 31.5 Å². The number of amides is 1. The molecule has 0 bridgehead atoms. The van der Waals surface area contributed by atoms with Gasteiger partial charge in [0.2, 0.25) is 0 Å². The first-order chi connectivity index (χ1) is 13.6. The van der Waals surface area contributed by atoms with Gasteiger partial charge in [0.05, 0.1) is 36.7 Å². The number of hydrogen-bond donors (Lipinski definition) is 0. The van der Waals surface area contributed by atoms with Crippen LogP contribution in [0.3, 0.4) is 0 Å². The molecule has 0 spiro atoms. The molecule has 2 aromatic heterocycles. The van der Waals surface area contributed by atoms with E-state index < -0.39 is 5.82 Å². The van der Waals surface area contributed by atoms with Crippen LogP contribution < -0.4 is 0 Å². The Balaban J connectivity index is 1.63. The van der Waals surface area contributed by atoms with Gasteiger partial charge in [-0.1, -0.05) is 6.42 Å². The van der Waals surface area contributed by atoms with E-state index in [4.69, 9.17) is 4.74 Å². The third kappa shape index (κ3) is 3.93. The largest absolute Gasteiger partial charge is 0.373 e. The van der Waals surface area contributed by atoms with Gasteiger partial charge in [0.25, 0.3) is 5.91 Å². The molecule has 2 aliphatic rings. The standard InChI is InChI=1S/C20H26FN5O2/c1-24-13-15(11-23-24)19-18(14-25-7-3-2-4-8-25)28-10-9-26(19)20(27)16-5-6-22-12-17(16)21/h5-6,11-13,18-19H,2-4,7-10,14H2,1H3/t18-,19-/m0/s1. The van der Waals surface area contributed by atoms with Gasteiger partial charge in [0, 0.05) is 38.1 Å². The number of pyridine rings is 1. The summed E-state index contributed by atoms with van der Waals surface area (Å²) >= 11 is 0. The summed E-state index contributed by atoms with van der Waals surface area (Å²) in [6, 6.07) is 1.14. The van der Waals surface area contributed by atoms with Gasteiger partial charge in [-0.3, -0.25) is 14.5 Å². The second-order valence-electron chi connectivity index (χ2n) is 7.52. The Labute approximate surface area is 164 Å². The molecular formula is C20H26FN5O2. The third-order valence-electron chi connectivity index (χ3n) is 5.57. The van der Waals surface area contributed by atoms with Crippen LogP contribution in [0.2, 0.25) is 0 Å². The smallest absolute Gasteiger partial charge is 0.257 e. The minimum atomic E-state index is -0.600. The van der Waals surface area contributed by atoms with E-state index in [2.05, 4.69) is 15.0 Å². The fourth-order valence-electron chi connectivity index (χ4n) is 4.20. The van der Waals surface area contributed by atoms with Crippen molar-refractivity contribution in [2.24, 2.45) is 7.05 Å². The second kappa shape index (κ2) is 8.36. The highest BCUT2D eigenvalue weighted by Gasteiger charge is 2.39. The quantitative estimate of drug-likeness (QED) is 0.803. The minimum absolute atomic E-state index is 0.0440. The van der Waals surface area contributed by atoms with Gasteiger partial charge in [-0.05, 0) is 32.0 Å². The highest BCUT2D eigenvalue weighted by molar-refractivity contribution is 5.94. The molecule has 0 saturated carbocycles. The number of ether oxygens (including phenoxy) is 1. The zero-order chi connectivity index (χ0) is 19.5. The number of hydrogen-bond acceptors (Lipinski definition) is 5. The summed E-state index contributed by atoms with van der Waals surface area (Å²) in [5.74, 6) is -0.933. The lowest BCUT2D eigenvalue weighted by molar-refractivity contribution is -0.0742. The number of nitrogens with zero attached hydrogens (tertiary/aromatic N) is 5. The lowest BCUT2D eigenvalue weighted by Gasteiger charge is -2.43. The molecule has 1 amide bonds. The Hall–Kier alpha value is -2.32. The molecule has 4 rings (SSSR count). The number of rotatable bonds is 4. The van der Waals surface area contributed by atoms with Crippen molar-refractivity contribution in [3.63, 3.8) is 0 Å².